The highest BCUT2D eigenvalue weighted by Gasteiger charge is 2.32. The van der Waals surface area contributed by atoms with Crippen molar-refractivity contribution in [2.45, 2.75) is 31.0 Å². The number of aliphatic hydroxyl groups excluding tert-OH is 1. The van der Waals surface area contributed by atoms with Gasteiger partial charge in [0.2, 0.25) is 0 Å². The number of benzene rings is 2. The summed E-state index contributed by atoms with van der Waals surface area (Å²) in [6, 6.07) is 10.0. The Morgan fingerprint density at radius 2 is 2.00 bits per heavy atom. The molecule has 1 saturated carbocycles. The molecule has 4 rings (SSSR count). The average Bonchev–Trinajstić information content (AvgIpc) is 3.36. The number of carbonyl (C=O) groups is 1. The van der Waals surface area contributed by atoms with E-state index in [2.05, 4.69) is 10.6 Å². The molecule has 0 spiro atoms. The second-order valence-corrected chi connectivity index (χ2v) is 6.84. The molecular weight excluding hydrogens is 335 g/mol. The van der Waals surface area contributed by atoms with Crippen LogP contribution in [0.5, 0.6) is 5.75 Å². The predicted molar refractivity (Wildman–Crippen MR) is 94.7 cm³/mol. The summed E-state index contributed by atoms with van der Waals surface area (Å²) in [7, 11) is 1.64. The van der Waals surface area contributed by atoms with Crippen LogP contribution in [-0.2, 0) is 0 Å². The second kappa shape index (κ2) is 6.70. The van der Waals surface area contributed by atoms with E-state index in [1.165, 1.54) is 12.1 Å². The zero-order valence-electron chi connectivity index (χ0n) is 14.5. The minimum Gasteiger partial charge on any atom is -0.492 e. The Bertz CT molecular complexity index is 834. The van der Waals surface area contributed by atoms with Crippen LogP contribution in [-0.4, -0.2) is 30.7 Å². The highest BCUT2D eigenvalue weighted by Crippen LogP contribution is 2.43. The number of hydrogen-bond acceptors (Lipinski definition) is 4. The summed E-state index contributed by atoms with van der Waals surface area (Å²) in [6.45, 7) is 0.387. The summed E-state index contributed by atoms with van der Waals surface area (Å²) < 4.78 is 19.1. The lowest BCUT2D eigenvalue weighted by Crippen LogP contribution is -2.26. The number of carbonyl (C=O) groups excluding carboxylic acids is 1. The number of rotatable bonds is 5. The molecule has 1 fully saturated rings. The van der Waals surface area contributed by atoms with Crippen LogP contribution in [0.1, 0.15) is 52.0 Å². The van der Waals surface area contributed by atoms with E-state index in [1.54, 1.807) is 25.2 Å². The van der Waals surface area contributed by atoms with Crippen molar-refractivity contribution in [3.05, 3.63) is 64.5 Å². The van der Waals surface area contributed by atoms with Crippen LogP contribution in [0.15, 0.2) is 36.4 Å². The van der Waals surface area contributed by atoms with Crippen molar-refractivity contribution < 1.29 is 19.0 Å². The quantitative estimate of drug-likeness (QED) is 0.720. The Labute approximate surface area is 151 Å². The molecule has 0 radical (unpaired) electrons. The van der Waals surface area contributed by atoms with E-state index < -0.39 is 6.23 Å². The first-order valence-corrected chi connectivity index (χ1v) is 8.79. The number of aliphatic hydroxyl groups is 1. The second-order valence-electron chi connectivity index (χ2n) is 6.84. The lowest BCUT2D eigenvalue weighted by Gasteiger charge is -2.16. The maximum absolute atomic E-state index is 13.3. The Hall–Kier alpha value is -2.44. The molecule has 2 aromatic carbocycles. The monoisotopic (exact) mass is 356 g/mol. The first kappa shape index (κ1) is 17.0. The van der Waals surface area contributed by atoms with Crippen LogP contribution >= 0.6 is 0 Å². The topological polar surface area (TPSA) is 70.6 Å². The molecule has 3 N–H and O–H groups in total. The molecule has 1 amide bonds. The fraction of sp³-hybridized carbons (Fsp3) is 0.350. The number of nitrogens with one attached hydrogen (secondary N) is 2. The Morgan fingerprint density at radius 1 is 1.27 bits per heavy atom. The maximum atomic E-state index is 13.3. The maximum Gasteiger partial charge on any atom is 0.251 e. The van der Waals surface area contributed by atoms with Gasteiger partial charge in [-0.15, -0.1) is 0 Å². The first-order chi connectivity index (χ1) is 12.6. The molecule has 1 aliphatic heterocycles. The number of ether oxygens (including phenoxy) is 1. The van der Waals surface area contributed by atoms with E-state index in [-0.39, 0.29) is 23.7 Å². The van der Waals surface area contributed by atoms with Gasteiger partial charge in [0.25, 0.3) is 5.91 Å². The van der Waals surface area contributed by atoms with Gasteiger partial charge in [0, 0.05) is 28.7 Å². The molecule has 0 saturated heterocycles. The van der Waals surface area contributed by atoms with E-state index in [4.69, 9.17) is 4.74 Å². The molecule has 0 bridgehead atoms. The fourth-order valence-corrected chi connectivity index (χ4v) is 3.31. The number of hydrogen-bond donors (Lipinski definition) is 3. The smallest absolute Gasteiger partial charge is 0.251 e. The van der Waals surface area contributed by atoms with Gasteiger partial charge >= 0.3 is 0 Å². The van der Waals surface area contributed by atoms with Crippen molar-refractivity contribution in [3.63, 3.8) is 0 Å². The molecular formula is C20H21FN2O3. The largest absolute Gasteiger partial charge is 0.492 e. The molecule has 1 heterocycles. The Morgan fingerprint density at radius 3 is 2.65 bits per heavy atom. The predicted octanol–water partition coefficient (Wildman–Crippen LogP) is 2.45. The van der Waals surface area contributed by atoms with Crippen molar-refractivity contribution in [2.24, 2.45) is 0 Å². The van der Waals surface area contributed by atoms with E-state index in [9.17, 15) is 14.3 Å². The molecule has 26 heavy (non-hydrogen) atoms. The molecule has 1 aliphatic carbocycles. The molecule has 5 nitrogen and oxygen atoms in total. The zero-order valence-corrected chi connectivity index (χ0v) is 14.5. The van der Waals surface area contributed by atoms with Gasteiger partial charge < -0.3 is 15.2 Å². The number of amides is 1. The van der Waals surface area contributed by atoms with Gasteiger partial charge in [0.1, 0.15) is 17.8 Å². The van der Waals surface area contributed by atoms with Crippen molar-refractivity contribution in [2.75, 3.05) is 13.7 Å². The molecule has 1 unspecified atom stereocenters. The van der Waals surface area contributed by atoms with Crippen LogP contribution in [0.2, 0.25) is 0 Å². The fourth-order valence-electron chi connectivity index (χ4n) is 3.31. The SMILES string of the molecule is CNC(O)c1cc(C(=O)NC2CC2)cc2c1OC[C@H]2c1ccc(F)cc1. The third-order valence-electron chi connectivity index (χ3n) is 4.93. The third kappa shape index (κ3) is 3.18. The van der Waals surface area contributed by atoms with E-state index in [0.717, 1.165) is 24.0 Å². The minimum absolute atomic E-state index is 0.109. The molecule has 2 atom stereocenters. The molecule has 2 aromatic rings. The highest BCUT2D eigenvalue weighted by atomic mass is 19.1. The lowest BCUT2D eigenvalue weighted by atomic mass is 9.90. The molecule has 136 valence electrons. The third-order valence-corrected chi connectivity index (χ3v) is 4.93. The highest BCUT2D eigenvalue weighted by molar-refractivity contribution is 5.95. The van der Waals surface area contributed by atoms with Gasteiger partial charge in [0.05, 0.1) is 6.61 Å². The van der Waals surface area contributed by atoms with Gasteiger partial charge in [-0.05, 0) is 49.7 Å². The van der Waals surface area contributed by atoms with Crippen molar-refractivity contribution >= 4 is 5.91 Å². The van der Waals surface area contributed by atoms with Crippen LogP contribution in [0, 0.1) is 5.82 Å². The summed E-state index contributed by atoms with van der Waals surface area (Å²) in [5.41, 5.74) is 2.78. The normalized spacial score (nSPS) is 19.6. The van der Waals surface area contributed by atoms with Gasteiger partial charge in [-0.2, -0.15) is 0 Å². The Kier molecular flexibility index (Phi) is 4.38. The minimum atomic E-state index is -0.940. The molecule has 2 aliphatic rings. The van der Waals surface area contributed by atoms with E-state index >= 15 is 0 Å². The lowest BCUT2D eigenvalue weighted by molar-refractivity contribution is 0.0950. The standard InChI is InChI=1S/C20H21FN2O3/c1-22-20(25)16-9-12(19(24)23-14-6-7-14)8-15-17(10-26-18(15)16)11-2-4-13(21)5-3-11/h2-5,8-9,14,17,20,22,25H,6-7,10H2,1H3,(H,23,24)/t17-,20?/m0/s1. The summed E-state index contributed by atoms with van der Waals surface area (Å²) in [4.78, 5) is 12.5. The summed E-state index contributed by atoms with van der Waals surface area (Å²) >= 11 is 0. The van der Waals surface area contributed by atoms with E-state index in [1.807, 2.05) is 6.07 Å². The average molecular weight is 356 g/mol. The van der Waals surface area contributed by atoms with Crippen molar-refractivity contribution in [1.82, 2.24) is 10.6 Å². The summed E-state index contributed by atoms with van der Waals surface area (Å²) in [6.07, 6.45) is 1.07. The van der Waals surface area contributed by atoms with Gasteiger partial charge in [-0.25, -0.2) is 4.39 Å². The molecule has 6 heteroatoms. The number of halogens is 1. The van der Waals surface area contributed by atoms with Gasteiger partial charge in [-0.1, -0.05) is 12.1 Å². The van der Waals surface area contributed by atoms with Crippen LogP contribution in [0.4, 0.5) is 4.39 Å². The first-order valence-electron chi connectivity index (χ1n) is 8.79. The zero-order chi connectivity index (χ0) is 18.3. The summed E-state index contributed by atoms with van der Waals surface area (Å²) in [5.74, 6) is 0.0348. The van der Waals surface area contributed by atoms with Gasteiger partial charge in [-0.3, -0.25) is 10.1 Å². The summed E-state index contributed by atoms with van der Waals surface area (Å²) in [5, 5.41) is 16.1. The Balaban J connectivity index is 1.76. The molecule has 0 aromatic heterocycles. The van der Waals surface area contributed by atoms with Crippen molar-refractivity contribution in [3.8, 4) is 5.75 Å². The number of fused-ring (bicyclic) bond motifs is 1. The van der Waals surface area contributed by atoms with Crippen molar-refractivity contribution in [1.29, 1.82) is 0 Å². The van der Waals surface area contributed by atoms with E-state index in [0.29, 0.717) is 23.5 Å². The van der Waals surface area contributed by atoms with Crippen LogP contribution in [0.25, 0.3) is 0 Å². The van der Waals surface area contributed by atoms with Crippen LogP contribution in [0.3, 0.4) is 0 Å². The van der Waals surface area contributed by atoms with Crippen LogP contribution < -0.4 is 15.4 Å². The van der Waals surface area contributed by atoms with Gasteiger partial charge in [0.15, 0.2) is 0 Å².